The maximum atomic E-state index is 13.0. The van der Waals surface area contributed by atoms with Gasteiger partial charge in [0.05, 0.1) is 23.6 Å². The lowest BCUT2D eigenvalue weighted by molar-refractivity contribution is 0.0915. The zero-order valence-corrected chi connectivity index (χ0v) is 17.4. The second kappa shape index (κ2) is 10.1. The van der Waals surface area contributed by atoms with E-state index in [4.69, 9.17) is 4.42 Å². The number of nitrogens with zero attached hydrogens (tertiary/aromatic N) is 1. The number of amides is 2. The average molecular weight is 418 g/mol. The molecule has 2 aromatic carbocycles. The number of anilines is 1. The van der Waals surface area contributed by atoms with Crippen molar-refractivity contribution in [2.24, 2.45) is 0 Å². The number of rotatable bonds is 7. The maximum absolute atomic E-state index is 13.0. The van der Waals surface area contributed by atoms with Gasteiger partial charge in [-0.1, -0.05) is 36.8 Å². The van der Waals surface area contributed by atoms with E-state index >= 15 is 0 Å². The fourth-order valence-electron chi connectivity index (χ4n) is 3.98. The molecule has 0 bridgehead atoms. The summed E-state index contributed by atoms with van der Waals surface area (Å²) in [6.07, 6.45) is 5.21. The standard InChI is InChI=1S/C25H27N3O3/c29-24(19-10-3-1-4-11-19)27-21-13-6-5-12-20(21)25(30)26-18-22(23-14-9-17-31-23)28-15-7-2-8-16-28/h1,3-6,9-14,17,22H,2,7-8,15-16,18H2,(H,26,30)(H,27,29). The zero-order valence-electron chi connectivity index (χ0n) is 17.4. The summed E-state index contributed by atoms with van der Waals surface area (Å²) in [6.45, 7) is 2.42. The van der Waals surface area contributed by atoms with Gasteiger partial charge in [-0.05, 0) is 62.3 Å². The van der Waals surface area contributed by atoms with E-state index in [-0.39, 0.29) is 17.9 Å². The van der Waals surface area contributed by atoms with Crippen LogP contribution in [0.2, 0.25) is 0 Å². The first kappa shape index (κ1) is 20.9. The van der Waals surface area contributed by atoms with Crippen LogP contribution < -0.4 is 10.6 Å². The van der Waals surface area contributed by atoms with E-state index in [1.54, 1.807) is 42.7 Å². The van der Waals surface area contributed by atoms with Gasteiger partial charge in [-0.15, -0.1) is 0 Å². The quantitative estimate of drug-likeness (QED) is 0.594. The highest BCUT2D eigenvalue weighted by Crippen LogP contribution is 2.25. The summed E-state index contributed by atoms with van der Waals surface area (Å²) >= 11 is 0. The summed E-state index contributed by atoms with van der Waals surface area (Å²) in [6, 6.07) is 19.8. The molecular formula is C25H27N3O3. The number of benzene rings is 2. The molecule has 31 heavy (non-hydrogen) atoms. The molecule has 2 heterocycles. The number of carbonyl (C=O) groups is 2. The summed E-state index contributed by atoms with van der Waals surface area (Å²) < 4.78 is 5.66. The first-order valence-electron chi connectivity index (χ1n) is 10.7. The predicted octanol–water partition coefficient (Wildman–Crippen LogP) is 4.49. The first-order valence-corrected chi connectivity index (χ1v) is 10.7. The van der Waals surface area contributed by atoms with Gasteiger partial charge in [0.15, 0.2) is 0 Å². The van der Waals surface area contributed by atoms with Crippen LogP contribution in [-0.2, 0) is 0 Å². The van der Waals surface area contributed by atoms with Crippen LogP contribution in [0.1, 0.15) is 51.8 Å². The van der Waals surface area contributed by atoms with Crippen LogP contribution in [0.3, 0.4) is 0 Å². The van der Waals surface area contributed by atoms with Crippen LogP contribution in [-0.4, -0.2) is 36.3 Å². The van der Waals surface area contributed by atoms with E-state index in [0.717, 1.165) is 31.7 Å². The second-order valence-corrected chi connectivity index (χ2v) is 7.70. The monoisotopic (exact) mass is 417 g/mol. The van der Waals surface area contributed by atoms with Crippen LogP contribution in [0.4, 0.5) is 5.69 Å². The van der Waals surface area contributed by atoms with Gasteiger partial charge in [0.2, 0.25) is 0 Å². The highest BCUT2D eigenvalue weighted by molar-refractivity contribution is 6.08. The third-order valence-corrected chi connectivity index (χ3v) is 5.61. The summed E-state index contributed by atoms with van der Waals surface area (Å²) in [5, 5.41) is 5.90. The summed E-state index contributed by atoms with van der Waals surface area (Å²) in [5.41, 5.74) is 1.46. The summed E-state index contributed by atoms with van der Waals surface area (Å²) in [7, 11) is 0. The lowest BCUT2D eigenvalue weighted by Gasteiger charge is -2.33. The van der Waals surface area contributed by atoms with Crippen molar-refractivity contribution in [1.82, 2.24) is 10.2 Å². The average Bonchev–Trinajstić information content (AvgIpc) is 3.35. The topological polar surface area (TPSA) is 74.6 Å². The number of nitrogens with one attached hydrogen (secondary N) is 2. The van der Waals surface area contributed by atoms with E-state index in [1.165, 1.54) is 6.42 Å². The van der Waals surface area contributed by atoms with Crippen molar-refractivity contribution >= 4 is 17.5 Å². The molecule has 1 atom stereocenters. The third-order valence-electron chi connectivity index (χ3n) is 5.61. The fourth-order valence-corrected chi connectivity index (χ4v) is 3.98. The molecule has 1 fully saturated rings. The van der Waals surface area contributed by atoms with Crippen molar-refractivity contribution < 1.29 is 14.0 Å². The lowest BCUT2D eigenvalue weighted by atomic mass is 10.1. The van der Waals surface area contributed by atoms with Gasteiger partial charge in [0.25, 0.3) is 11.8 Å². The number of piperidine rings is 1. The van der Waals surface area contributed by atoms with Crippen LogP contribution in [0, 0.1) is 0 Å². The number of carbonyl (C=O) groups excluding carboxylic acids is 2. The number of likely N-dealkylation sites (tertiary alicyclic amines) is 1. The zero-order chi connectivity index (χ0) is 21.5. The normalized spacial score (nSPS) is 15.2. The first-order chi connectivity index (χ1) is 15.2. The van der Waals surface area contributed by atoms with Crippen molar-refractivity contribution in [1.29, 1.82) is 0 Å². The van der Waals surface area contributed by atoms with Crippen molar-refractivity contribution in [3.8, 4) is 0 Å². The van der Waals surface area contributed by atoms with Crippen molar-refractivity contribution in [2.75, 3.05) is 25.0 Å². The van der Waals surface area contributed by atoms with Crippen molar-refractivity contribution in [3.63, 3.8) is 0 Å². The Hall–Kier alpha value is -3.38. The highest BCUT2D eigenvalue weighted by atomic mass is 16.3. The van der Waals surface area contributed by atoms with Gasteiger partial charge in [0.1, 0.15) is 5.76 Å². The van der Waals surface area contributed by atoms with Gasteiger partial charge in [0, 0.05) is 12.1 Å². The molecule has 1 aliphatic rings. The Morgan fingerprint density at radius 1 is 0.871 bits per heavy atom. The van der Waals surface area contributed by atoms with E-state index in [1.807, 2.05) is 30.3 Å². The van der Waals surface area contributed by atoms with Crippen LogP contribution in [0.5, 0.6) is 0 Å². The minimum Gasteiger partial charge on any atom is -0.468 e. The van der Waals surface area contributed by atoms with Gasteiger partial charge in [-0.25, -0.2) is 0 Å². The Kier molecular flexibility index (Phi) is 6.79. The molecule has 2 amide bonds. The molecule has 0 aliphatic carbocycles. The van der Waals surface area contributed by atoms with E-state index in [2.05, 4.69) is 15.5 Å². The van der Waals surface area contributed by atoms with Crippen LogP contribution in [0.25, 0.3) is 0 Å². The van der Waals surface area contributed by atoms with Gasteiger partial charge in [-0.2, -0.15) is 0 Å². The van der Waals surface area contributed by atoms with Gasteiger partial charge < -0.3 is 15.1 Å². The molecule has 6 heteroatoms. The van der Waals surface area contributed by atoms with Crippen LogP contribution >= 0.6 is 0 Å². The summed E-state index contributed by atoms with van der Waals surface area (Å²) in [4.78, 5) is 28.0. The van der Waals surface area contributed by atoms with Gasteiger partial charge in [-0.3, -0.25) is 14.5 Å². The van der Waals surface area contributed by atoms with Crippen molar-refractivity contribution in [2.45, 2.75) is 25.3 Å². The predicted molar refractivity (Wildman–Crippen MR) is 120 cm³/mol. The molecule has 6 nitrogen and oxygen atoms in total. The SMILES string of the molecule is O=C(Nc1ccccc1C(=O)NCC(c1ccco1)N1CCCCC1)c1ccccc1. The van der Waals surface area contributed by atoms with Gasteiger partial charge >= 0.3 is 0 Å². The largest absolute Gasteiger partial charge is 0.468 e. The molecule has 2 N–H and O–H groups in total. The second-order valence-electron chi connectivity index (χ2n) is 7.70. The minimum absolute atomic E-state index is 0.00896. The number of hydrogen-bond donors (Lipinski definition) is 2. The molecule has 0 saturated carbocycles. The summed E-state index contributed by atoms with van der Waals surface area (Å²) in [5.74, 6) is 0.382. The Morgan fingerprint density at radius 2 is 1.61 bits per heavy atom. The molecule has 1 aromatic heterocycles. The number of para-hydroxylation sites is 1. The molecule has 0 spiro atoms. The van der Waals surface area contributed by atoms with Crippen molar-refractivity contribution in [3.05, 3.63) is 89.9 Å². The van der Waals surface area contributed by atoms with Crippen LogP contribution in [0.15, 0.2) is 77.4 Å². The molecule has 0 radical (unpaired) electrons. The molecule has 160 valence electrons. The fraction of sp³-hybridized carbons (Fsp3) is 0.280. The van der Waals surface area contributed by atoms with E-state index in [9.17, 15) is 9.59 Å². The Bertz CT molecular complexity index is 996. The van der Waals surface area contributed by atoms with E-state index in [0.29, 0.717) is 23.4 Å². The molecule has 3 aromatic rings. The minimum atomic E-state index is -0.248. The van der Waals surface area contributed by atoms with E-state index < -0.39 is 0 Å². The molecule has 1 saturated heterocycles. The Labute approximate surface area is 182 Å². The lowest BCUT2D eigenvalue weighted by Crippen LogP contribution is -2.40. The Morgan fingerprint density at radius 3 is 2.35 bits per heavy atom. The smallest absolute Gasteiger partial charge is 0.255 e. The number of hydrogen-bond acceptors (Lipinski definition) is 4. The Balaban J connectivity index is 1.46. The molecule has 4 rings (SSSR count). The number of furan rings is 1. The molecular weight excluding hydrogens is 390 g/mol. The molecule has 1 aliphatic heterocycles. The third kappa shape index (κ3) is 5.22. The maximum Gasteiger partial charge on any atom is 0.255 e. The molecule has 1 unspecified atom stereocenters. The highest BCUT2D eigenvalue weighted by Gasteiger charge is 2.25.